The lowest BCUT2D eigenvalue weighted by Gasteiger charge is -2.28. The van der Waals surface area contributed by atoms with Crippen LogP contribution < -0.4 is 5.43 Å². The number of benzene rings is 1. The van der Waals surface area contributed by atoms with Gasteiger partial charge in [0.1, 0.15) is 6.54 Å². The standard InChI is InChI=1S/C19H24N2O3/c1-14-11-18(22)16-8-3-4-9-17(16)21(14)13-19(23)20(2)12-15-7-5-6-10-24-15/h3-4,8-9,11,15H,5-7,10,12-13H2,1-2H3/t15-/m0/s1. The van der Waals surface area contributed by atoms with Crippen molar-refractivity contribution in [3.8, 4) is 0 Å². The zero-order valence-corrected chi connectivity index (χ0v) is 14.3. The Bertz CT molecular complexity index is 791. The third kappa shape index (κ3) is 3.51. The van der Waals surface area contributed by atoms with Gasteiger partial charge < -0.3 is 14.2 Å². The van der Waals surface area contributed by atoms with Gasteiger partial charge in [-0.25, -0.2) is 0 Å². The topological polar surface area (TPSA) is 51.5 Å². The molecule has 0 aliphatic carbocycles. The van der Waals surface area contributed by atoms with E-state index < -0.39 is 0 Å². The Hall–Kier alpha value is -2.14. The van der Waals surface area contributed by atoms with Crippen LogP contribution >= 0.6 is 0 Å². The van der Waals surface area contributed by atoms with Crippen LogP contribution in [0.2, 0.25) is 0 Å². The molecule has 24 heavy (non-hydrogen) atoms. The minimum atomic E-state index is -0.00393. The third-order valence-electron chi connectivity index (χ3n) is 4.70. The van der Waals surface area contributed by atoms with Crippen molar-refractivity contribution in [2.45, 2.75) is 38.8 Å². The van der Waals surface area contributed by atoms with Gasteiger partial charge in [-0.15, -0.1) is 0 Å². The molecular weight excluding hydrogens is 304 g/mol. The molecule has 1 atom stereocenters. The van der Waals surface area contributed by atoms with E-state index in [1.54, 1.807) is 17.0 Å². The van der Waals surface area contributed by atoms with Gasteiger partial charge >= 0.3 is 0 Å². The molecule has 0 unspecified atom stereocenters. The van der Waals surface area contributed by atoms with Gasteiger partial charge in [0.15, 0.2) is 5.43 Å². The highest BCUT2D eigenvalue weighted by atomic mass is 16.5. The second-order valence-electron chi connectivity index (χ2n) is 6.52. The second kappa shape index (κ2) is 7.18. The number of para-hydroxylation sites is 1. The maximum atomic E-state index is 12.6. The molecule has 1 saturated heterocycles. The van der Waals surface area contributed by atoms with Crippen molar-refractivity contribution >= 4 is 16.8 Å². The summed E-state index contributed by atoms with van der Waals surface area (Å²) in [5.41, 5.74) is 1.60. The summed E-state index contributed by atoms with van der Waals surface area (Å²) in [4.78, 5) is 26.5. The molecule has 0 bridgehead atoms. The van der Waals surface area contributed by atoms with Crippen LogP contribution in [0.25, 0.3) is 10.9 Å². The van der Waals surface area contributed by atoms with Crippen molar-refractivity contribution in [1.29, 1.82) is 0 Å². The number of rotatable bonds is 4. The van der Waals surface area contributed by atoms with Gasteiger partial charge in [0.25, 0.3) is 0 Å². The number of carbonyl (C=O) groups is 1. The Morgan fingerprint density at radius 2 is 2.12 bits per heavy atom. The Kier molecular flexibility index (Phi) is 5.00. The molecule has 128 valence electrons. The first-order chi connectivity index (χ1) is 11.6. The first-order valence-corrected chi connectivity index (χ1v) is 8.51. The van der Waals surface area contributed by atoms with E-state index >= 15 is 0 Å². The number of likely N-dealkylation sites (N-methyl/N-ethyl adjacent to an activating group) is 1. The maximum Gasteiger partial charge on any atom is 0.242 e. The fourth-order valence-electron chi connectivity index (χ4n) is 3.28. The molecule has 1 aromatic heterocycles. The Morgan fingerprint density at radius 3 is 2.88 bits per heavy atom. The molecule has 0 radical (unpaired) electrons. The molecule has 1 aromatic carbocycles. The molecule has 0 spiro atoms. The number of amides is 1. The fourth-order valence-corrected chi connectivity index (χ4v) is 3.28. The van der Waals surface area contributed by atoms with Crippen LogP contribution in [0.1, 0.15) is 25.0 Å². The van der Waals surface area contributed by atoms with Gasteiger partial charge in [0.05, 0.1) is 11.6 Å². The van der Waals surface area contributed by atoms with Gasteiger partial charge in [-0.2, -0.15) is 0 Å². The summed E-state index contributed by atoms with van der Waals surface area (Å²) >= 11 is 0. The highest BCUT2D eigenvalue weighted by molar-refractivity contribution is 5.82. The number of carbonyl (C=O) groups excluding carboxylic acids is 1. The predicted octanol–water partition coefficient (Wildman–Crippen LogP) is 2.34. The number of hydrogen-bond donors (Lipinski definition) is 0. The summed E-state index contributed by atoms with van der Waals surface area (Å²) in [6.07, 6.45) is 3.42. The first-order valence-electron chi connectivity index (χ1n) is 8.51. The van der Waals surface area contributed by atoms with Crippen LogP contribution in [-0.4, -0.2) is 41.7 Å². The minimum Gasteiger partial charge on any atom is -0.376 e. The molecule has 1 fully saturated rings. The fraction of sp³-hybridized carbons (Fsp3) is 0.474. The highest BCUT2D eigenvalue weighted by Crippen LogP contribution is 2.15. The molecule has 0 saturated carbocycles. The van der Waals surface area contributed by atoms with E-state index in [2.05, 4.69) is 0 Å². The van der Waals surface area contributed by atoms with Gasteiger partial charge in [-0.05, 0) is 38.3 Å². The number of hydrogen-bond acceptors (Lipinski definition) is 3. The number of ether oxygens (including phenoxy) is 1. The van der Waals surface area contributed by atoms with Crippen molar-refractivity contribution in [3.05, 3.63) is 46.2 Å². The Labute approximate surface area is 141 Å². The van der Waals surface area contributed by atoms with Gasteiger partial charge in [-0.1, -0.05) is 12.1 Å². The quantitative estimate of drug-likeness (QED) is 0.865. The largest absolute Gasteiger partial charge is 0.376 e. The van der Waals surface area contributed by atoms with E-state index in [0.717, 1.165) is 37.1 Å². The smallest absolute Gasteiger partial charge is 0.242 e. The van der Waals surface area contributed by atoms with Crippen molar-refractivity contribution in [3.63, 3.8) is 0 Å². The summed E-state index contributed by atoms with van der Waals surface area (Å²) in [6.45, 7) is 3.51. The number of pyridine rings is 1. The highest BCUT2D eigenvalue weighted by Gasteiger charge is 2.19. The van der Waals surface area contributed by atoms with Gasteiger partial charge in [-0.3, -0.25) is 9.59 Å². The van der Waals surface area contributed by atoms with Crippen molar-refractivity contribution in [2.24, 2.45) is 0 Å². The lowest BCUT2D eigenvalue weighted by atomic mass is 10.1. The SMILES string of the molecule is Cc1cc(=O)c2ccccc2n1CC(=O)N(C)C[C@@H]1CCCCO1. The molecule has 1 amide bonds. The molecule has 5 heteroatoms. The van der Waals surface area contributed by atoms with Crippen LogP contribution in [0.3, 0.4) is 0 Å². The second-order valence-corrected chi connectivity index (χ2v) is 6.52. The van der Waals surface area contributed by atoms with E-state index in [9.17, 15) is 9.59 Å². The molecule has 1 aliphatic rings. The van der Waals surface area contributed by atoms with Crippen LogP contribution in [0.4, 0.5) is 0 Å². The van der Waals surface area contributed by atoms with E-state index in [4.69, 9.17) is 4.74 Å². The number of aryl methyl sites for hydroxylation is 1. The van der Waals surface area contributed by atoms with Crippen molar-refractivity contribution < 1.29 is 9.53 Å². The van der Waals surface area contributed by atoms with Crippen LogP contribution in [-0.2, 0) is 16.1 Å². The summed E-state index contributed by atoms with van der Waals surface area (Å²) in [6, 6.07) is 9.03. The molecule has 0 N–H and O–H groups in total. The third-order valence-corrected chi connectivity index (χ3v) is 4.70. The Balaban J connectivity index is 1.79. The van der Waals surface area contributed by atoms with Gasteiger partial charge in [0.2, 0.25) is 5.91 Å². The molecule has 2 aromatic rings. The van der Waals surface area contributed by atoms with Crippen LogP contribution in [0, 0.1) is 6.92 Å². The zero-order valence-electron chi connectivity index (χ0n) is 14.3. The molecule has 5 nitrogen and oxygen atoms in total. The number of fused-ring (bicyclic) bond motifs is 1. The maximum absolute atomic E-state index is 12.6. The zero-order chi connectivity index (χ0) is 17.1. The molecule has 2 heterocycles. The van der Waals surface area contributed by atoms with Crippen molar-refractivity contribution in [1.82, 2.24) is 9.47 Å². The van der Waals surface area contributed by atoms with E-state index in [0.29, 0.717) is 11.9 Å². The number of aromatic nitrogens is 1. The average molecular weight is 328 g/mol. The lowest BCUT2D eigenvalue weighted by Crippen LogP contribution is -2.39. The lowest BCUT2D eigenvalue weighted by molar-refractivity contribution is -0.132. The van der Waals surface area contributed by atoms with E-state index in [1.165, 1.54) is 0 Å². The van der Waals surface area contributed by atoms with E-state index in [-0.39, 0.29) is 24.0 Å². The normalized spacial score (nSPS) is 17.8. The van der Waals surface area contributed by atoms with Crippen molar-refractivity contribution in [2.75, 3.05) is 20.2 Å². The molecule has 3 rings (SSSR count). The molecule has 1 aliphatic heterocycles. The number of nitrogens with zero attached hydrogens (tertiary/aromatic N) is 2. The summed E-state index contributed by atoms with van der Waals surface area (Å²) in [5, 5.41) is 0.647. The Morgan fingerprint density at radius 1 is 1.33 bits per heavy atom. The average Bonchev–Trinajstić information content (AvgIpc) is 2.59. The van der Waals surface area contributed by atoms with Crippen LogP contribution in [0.15, 0.2) is 35.1 Å². The van der Waals surface area contributed by atoms with Gasteiger partial charge in [0, 0.05) is 37.3 Å². The first kappa shape index (κ1) is 16.7. The minimum absolute atomic E-state index is 0.00393. The monoisotopic (exact) mass is 328 g/mol. The van der Waals surface area contributed by atoms with E-state index in [1.807, 2.05) is 36.7 Å². The molecular formula is C19H24N2O3. The predicted molar refractivity (Wildman–Crippen MR) is 94.2 cm³/mol. The van der Waals surface area contributed by atoms with Crippen LogP contribution in [0.5, 0.6) is 0 Å². The summed E-state index contributed by atoms with van der Waals surface area (Å²) in [5.74, 6) is 0.0288. The summed E-state index contributed by atoms with van der Waals surface area (Å²) in [7, 11) is 1.82. The summed E-state index contributed by atoms with van der Waals surface area (Å²) < 4.78 is 7.63.